The Kier molecular flexibility index (Phi) is 3.26. The molecule has 0 unspecified atom stereocenters. The van der Waals surface area contributed by atoms with E-state index in [1.807, 2.05) is 6.92 Å². The molecule has 0 spiro atoms. The van der Waals surface area contributed by atoms with Gasteiger partial charge >= 0.3 is 0 Å². The van der Waals surface area contributed by atoms with Crippen molar-refractivity contribution in [2.24, 2.45) is 0 Å². The number of rotatable bonds is 3. The first-order valence-electron chi connectivity index (χ1n) is 4.78. The summed E-state index contributed by atoms with van der Waals surface area (Å²) in [7, 11) is 0. The van der Waals surface area contributed by atoms with Crippen LogP contribution in [-0.4, -0.2) is 15.7 Å². The second-order valence-electron chi connectivity index (χ2n) is 3.14. The molecule has 0 aliphatic carbocycles. The number of thiophene rings is 1. The number of aryl methyl sites for hydroxylation is 1. The van der Waals surface area contributed by atoms with Gasteiger partial charge in [0.15, 0.2) is 0 Å². The molecule has 2 rings (SSSR count). The molecule has 2 heterocycles. The molecule has 2 aromatic rings. The van der Waals surface area contributed by atoms with Crippen molar-refractivity contribution in [2.45, 2.75) is 13.5 Å². The van der Waals surface area contributed by atoms with Gasteiger partial charge in [-0.05, 0) is 19.1 Å². The van der Waals surface area contributed by atoms with Gasteiger partial charge < -0.3 is 5.32 Å². The molecular formula is C10H10ClN3OS. The summed E-state index contributed by atoms with van der Waals surface area (Å²) in [5, 5.41) is 6.82. The summed E-state index contributed by atoms with van der Waals surface area (Å²) in [4.78, 5) is 12.3. The van der Waals surface area contributed by atoms with Gasteiger partial charge in [0.2, 0.25) is 0 Å². The van der Waals surface area contributed by atoms with Crippen LogP contribution in [0.1, 0.15) is 16.6 Å². The predicted octanol–water partition coefficient (Wildman–Crippen LogP) is 2.87. The van der Waals surface area contributed by atoms with Crippen LogP contribution in [0.3, 0.4) is 0 Å². The van der Waals surface area contributed by atoms with Crippen molar-refractivity contribution in [1.29, 1.82) is 0 Å². The van der Waals surface area contributed by atoms with Crippen molar-refractivity contribution in [2.75, 3.05) is 5.32 Å². The normalized spacial score (nSPS) is 10.4. The summed E-state index contributed by atoms with van der Waals surface area (Å²) in [5.74, 6) is -0.160. The van der Waals surface area contributed by atoms with Gasteiger partial charge in [0.25, 0.3) is 5.91 Å². The van der Waals surface area contributed by atoms with Gasteiger partial charge in [-0.3, -0.25) is 9.48 Å². The average Bonchev–Trinajstić information content (AvgIpc) is 2.87. The zero-order valence-corrected chi connectivity index (χ0v) is 10.2. The highest BCUT2D eigenvalue weighted by molar-refractivity contribution is 7.18. The van der Waals surface area contributed by atoms with E-state index in [0.29, 0.717) is 14.9 Å². The Morgan fingerprint density at radius 2 is 2.44 bits per heavy atom. The molecule has 0 saturated heterocycles. The van der Waals surface area contributed by atoms with Crippen molar-refractivity contribution in [3.8, 4) is 0 Å². The number of hydrogen-bond acceptors (Lipinski definition) is 3. The van der Waals surface area contributed by atoms with Crippen LogP contribution in [0.2, 0.25) is 4.34 Å². The lowest BCUT2D eigenvalue weighted by Crippen LogP contribution is -2.09. The molecule has 0 bridgehead atoms. The Hall–Kier alpha value is -1.33. The van der Waals surface area contributed by atoms with Gasteiger partial charge in [-0.2, -0.15) is 5.10 Å². The molecule has 84 valence electrons. The number of carbonyl (C=O) groups excluding carboxylic acids is 1. The van der Waals surface area contributed by atoms with E-state index in [1.165, 1.54) is 11.3 Å². The van der Waals surface area contributed by atoms with E-state index in [4.69, 9.17) is 11.6 Å². The van der Waals surface area contributed by atoms with Gasteiger partial charge in [-0.1, -0.05) is 11.6 Å². The van der Waals surface area contributed by atoms with E-state index in [1.54, 1.807) is 29.2 Å². The van der Waals surface area contributed by atoms with E-state index >= 15 is 0 Å². The highest BCUT2D eigenvalue weighted by atomic mass is 35.5. The van der Waals surface area contributed by atoms with Gasteiger partial charge in [0.05, 0.1) is 21.1 Å². The number of anilines is 1. The first kappa shape index (κ1) is 11.2. The standard InChI is InChI=1S/C10H10ClN3OS/c1-2-14-6-7(5-12-14)13-10(15)8-3-4-9(11)16-8/h3-6H,2H2,1H3,(H,13,15). The summed E-state index contributed by atoms with van der Waals surface area (Å²) in [6.07, 6.45) is 3.41. The quantitative estimate of drug-likeness (QED) is 0.917. The maximum absolute atomic E-state index is 11.7. The Bertz CT molecular complexity index is 506. The van der Waals surface area contributed by atoms with Crippen molar-refractivity contribution in [3.05, 3.63) is 33.7 Å². The van der Waals surface area contributed by atoms with Gasteiger partial charge in [0.1, 0.15) is 0 Å². The summed E-state index contributed by atoms with van der Waals surface area (Å²) < 4.78 is 2.35. The zero-order valence-electron chi connectivity index (χ0n) is 8.61. The molecule has 16 heavy (non-hydrogen) atoms. The zero-order chi connectivity index (χ0) is 11.5. The fourth-order valence-electron chi connectivity index (χ4n) is 1.23. The minimum atomic E-state index is -0.160. The average molecular weight is 256 g/mol. The first-order valence-corrected chi connectivity index (χ1v) is 5.97. The topological polar surface area (TPSA) is 46.9 Å². The van der Waals surface area contributed by atoms with Crippen molar-refractivity contribution in [3.63, 3.8) is 0 Å². The minimum absolute atomic E-state index is 0.160. The Balaban J connectivity index is 2.07. The van der Waals surface area contributed by atoms with Crippen molar-refractivity contribution < 1.29 is 4.79 Å². The molecule has 2 aromatic heterocycles. The van der Waals surface area contributed by atoms with Crippen LogP contribution >= 0.6 is 22.9 Å². The predicted molar refractivity (Wildman–Crippen MR) is 65.2 cm³/mol. The van der Waals surface area contributed by atoms with E-state index in [9.17, 15) is 4.79 Å². The highest BCUT2D eigenvalue weighted by Crippen LogP contribution is 2.22. The van der Waals surface area contributed by atoms with Crippen LogP contribution in [0.5, 0.6) is 0 Å². The maximum Gasteiger partial charge on any atom is 0.265 e. The fourth-order valence-corrected chi connectivity index (χ4v) is 2.17. The summed E-state index contributed by atoms with van der Waals surface area (Å²) in [5.41, 5.74) is 0.691. The van der Waals surface area contributed by atoms with Crippen LogP contribution in [0.15, 0.2) is 24.5 Å². The molecule has 1 amide bonds. The Morgan fingerprint density at radius 3 is 3.00 bits per heavy atom. The van der Waals surface area contributed by atoms with Crippen molar-refractivity contribution >= 4 is 34.5 Å². The molecule has 0 fully saturated rings. The number of halogens is 1. The molecule has 0 radical (unpaired) electrons. The second kappa shape index (κ2) is 4.67. The SMILES string of the molecule is CCn1cc(NC(=O)c2ccc(Cl)s2)cn1. The molecule has 0 aliphatic rings. The third-order valence-corrected chi connectivity index (χ3v) is 3.24. The van der Waals surface area contributed by atoms with E-state index in [2.05, 4.69) is 10.4 Å². The van der Waals surface area contributed by atoms with Gasteiger partial charge in [0, 0.05) is 12.7 Å². The summed E-state index contributed by atoms with van der Waals surface area (Å²) in [6.45, 7) is 2.76. The molecule has 0 aliphatic heterocycles. The number of nitrogens with one attached hydrogen (secondary N) is 1. The van der Waals surface area contributed by atoms with Crippen LogP contribution in [0.4, 0.5) is 5.69 Å². The molecule has 0 atom stereocenters. The number of hydrogen-bond donors (Lipinski definition) is 1. The molecular weight excluding hydrogens is 246 g/mol. The summed E-state index contributed by atoms with van der Waals surface area (Å²) in [6, 6.07) is 3.41. The lowest BCUT2D eigenvalue weighted by molar-refractivity contribution is 0.103. The molecule has 6 heteroatoms. The molecule has 1 N–H and O–H groups in total. The van der Waals surface area contributed by atoms with E-state index in [0.717, 1.165) is 6.54 Å². The number of amides is 1. The van der Waals surface area contributed by atoms with Crippen molar-refractivity contribution in [1.82, 2.24) is 9.78 Å². The van der Waals surface area contributed by atoms with Gasteiger partial charge in [-0.15, -0.1) is 11.3 Å². The number of nitrogens with zero attached hydrogens (tertiary/aromatic N) is 2. The summed E-state index contributed by atoms with van der Waals surface area (Å²) >= 11 is 7.01. The van der Waals surface area contributed by atoms with E-state index < -0.39 is 0 Å². The second-order valence-corrected chi connectivity index (χ2v) is 4.86. The van der Waals surface area contributed by atoms with Crippen LogP contribution in [0, 0.1) is 0 Å². The molecule has 4 nitrogen and oxygen atoms in total. The molecule has 0 saturated carbocycles. The maximum atomic E-state index is 11.7. The molecule has 0 aromatic carbocycles. The van der Waals surface area contributed by atoms with Crippen LogP contribution < -0.4 is 5.32 Å². The van der Waals surface area contributed by atoms with E-state index in [-0.39, 0.29) is 5.91 Å². The lowest BCUT2D eigenvalue weighted by Gasteiger charge is -1.98. The minimum Gasteiger partial charge on any atom is -0.319 e. The van der Waals surface area contributed by atoms with Crippen LogP contribution in [0.25, 0.3) is 0 Å². The smallest absolute Gasteiger partial charge is 0.265 e. The lowest BCUT2D eigenvalue weighted by atomic mass is 10.4. The monoisotopic (exact) mass is 255 g/mol. The largest absolute Gasteiger partial charge is 0.319 e. The van der Waals surface area contributed by atoms with Crippen LogP contribution in [-0.2, 0) is 6.54 Å². The number of aromatic nitrogens is 2. The Labute approximate surface area is 102 Å². The first-order chi connectivity index (χ1) is 7.69. The number of carbonyl (C=O) groups is 1. The van der Waals surface area contributed by atoms with Gasteiger partial charge in [-0.25, -0.2) is 0 Å². The Morgan fingerprint density at radius 1 is 1.62 bits per heavy atom. The highest BCUT2D eigenvalue weighted by Gasteiger charge is 2.09. The third-order valence-electron chi connectivity index (χ3n) is 2.01. The fraction of sp³-hybridized carbons (Fsp3) is 0.200. The third kappa shape index (κ3) is 2.43.